The number of hydrogen-bond donors (Lipinski definition) is 1. The molecule has 0 aliphatic heterocycles. The van der Waals surface area contributed by atoms with E-state index >= 15 is 0 Å². The van der Waals surface area contributed by atoms with Crippen molar-refractivity contribution in [2.24, 2.45) is 0 Å². The van der Waals surface area contributed by atoms with E-state index in [2.05, 4.69) is 0 Å². The van der Waals surface area contributed by atoms with E-state index in [1.54, 1.807) is 39.3 Å². The minimum Gasteiger partial charge on any atom is -0.497 e. The lowest BCUT2D eigenvalue weighted by atomic mass is 10.1. The minimum absolute atomic E-state index is 0.563. The monoisotopic (exact) mass is 274 g/mol. The molecule has 0 aliphatic carbocycles. The van der Waals surface area contributed by atoms with Crippen LogP contribution >= 0.6 is 0 Å². The van der Waals surface area contributed by atoms with Gasteiger partial charge in [0.05, 0.1) is 25.9 Å². The van der Waals surface area contributed by atoms with Gasteiger partial charge in [0.1, 0.15) is 23.0 Å². The Labute approximate surface area is 118 Å². The van der Waals surface area contributed by atoms with Crippen molar-refractivity contribution in [1.82, 2.24) is 0 Å². The number of aliphatic hydroxyl groups excluding tert-OH is 1. The standard InChI is InChI=1S/C16H18O4/c1-11(17)16-14(19-3)8-5-9-15(16)20-13-7-4-6-12(10-13)18-2/h4-11,17H,1-3H3/t11-/m1/s1. The van der Waals surface area contributed by atoms with E-state index in [9.17, 15) is 5.11 Å². The first-order valence-corrected chi connectivity index (χ1v) is 6.32. The van der Waals surface area contributed by atoms with Gasteiger partial charge in [-0.05, 0) is 31.2 Å². The van der Waals surface area contributed by atoms with Crippen molar-refractivity contribution < 1.29 is 19.3 Å². The van der Waals surface area contributed by atoms with Crippen molar-refractivity contribution in [1.29, 1.82) is 0 Å². The van der Waals surface area contributed by atoms with Gasteiger partial charge in [0, 0.05) is 6.07 Å². The van der Waals surface area contributed by atoms with Gasteiger partial charge in [0.2, 0.25) is 0 Å². The Kier molecular flexibility index (Phi) is 4.48. The molecule has 0 spiro atoms. The maximum absolute atomic E-state index is 9.91. The summed E-state index contributed by atoms with van der Waals surface area (Å²) in [6.07, 6.45) is -0.688. The summed E-state index contributed by atoms with van der Waals surface area (Å²) in [6, 6.07) is 12.7. The van der Waals surface area contributed by atoms with Gasteiger partial charge >= 0.3 is 0 Å². The lowest BCUT2D eigenvalue weighted by Crippen LogP contribution is -2.00. The zero-order valence-corrected chi connectivity index (χ0v) is 11.8. The lowest BCUT2D eigenvalue weighted by molar-refractivity contribution is 0.190. The van der Waals surface area contributed by atoms with Crippen molar-refractivity contribution in [3.8, 4) is 23.0 Å². The fraction of sp³-hybridized carbons (Fsp3) is 0.250. The number of rotatable bonds is 5. The largest absolute Gasteiger partial charge is 0.497 e. The van der Waals surface area contributed by atoms with Crippen molar-refractivity contribution in [2.45, 2.75) is 13.0 Å². The Morgan fingerprint density at radius 3 is 2.20 bits per heavy atom. The molecule has 1 atom stereocenters. The predicted molar refractivity (Wildman–Crippen MR) is 76.7 cm³/mol. The van der Waals surface area contributed by atoms with Crippen LogP contribution in [0.15, 0.2) is 42.5 Å². The second kappa shape index (κ2) is 6.30. The van der Waals surface area contributed by atoms with E-state index in [1.165, 1.54) is 0 Å². The van der Waals surface area contributed by atoms with Gasteiger partial charge in [-0.3, -0.25) is 0 Å². The fourth-order valence-corrected chi connectivity index (χ4v) is 1.99. The molecule has 20 heavy (non-hydrogen) atoms. The van der Waals surface area contributed by atoms with Crippen LogP contribution in [-0.2, 0) is 0 Å². The third kappa shape index (κ3) is 3.03. The molecule has 0 amide bonds. The van der Waals surface area contributed by atoms with Crippen LogP contribution in [0.3, 0.4) is 0 Å². The van der Waals surface area contributed by atoms with Gasteiger partial charge in [0.25, 0.3) is 0 Å². The van der Waals surface area contributed by atoms with Crippen LogP contribution in [0.4, 0.5) is 0 Å². The normalized spacial score (nSPS) is 11.8. The molecule has 0 saturated carbocycles. The van der Waals surface area contributed by atoms with Crippen LogP contribution < -0.4 is 14.2 Å². The molecule has 0 aliphatic rings. The lowest BCUT2D eigenvalue weighted by Gasteiger charge is -2.16. The molecule has 4 heteroatoms. The van der Waals surface area contributed by atoms with E-state index < -0.39 is 6.10 Å². The molecule has 0 saturated heterocycles. The molecule has 0 radical (unpaired) electrons. The van der Waals surface area contributed by atoms with Crippen LogP contribution in [0.2, 0.25) is 0 Å². The first-order valence-electron chi connectivity index (χ1n) is 6.32. The van der Waals surface area contributed by atoms with Gasteiger partial charge in [-0.1, -0.05) is 12.1 Å². The topological polar surface area (TPSA) is 47.9 Å². The smallest absolute Gasteiger partial charge is 0.136 e. The number of ether oxygens (including phenoxy) is 3. The zero-order chi connectivity index (χ0) is 14.5. The Morgan fingerprint density at radius 2 is 1.55 bits per heavy atom. The van der Waals surface area contributed by atoms with E-state index in [-0.39, 0.29) is 0 Å². The molecular weight excluding hydrogens is 256 g/mol. The van der Waals surface area contributed by atoms with Crippen LogP contribution in [0.1, 0.15) is 18.6 Å². The molecule has 1 N–H and O–H groups in total. The first kappa shape index (κ1) is 14.2. The van der Waals surface area contributed by atoms with Crippen molar-refractivity contribution in [3.63, 3.8) is 0 Å². The predicted octanol–water partition coefficient (Wildman–Crippen LogP) is 3.55. The summed E-state index contributed by atoms with van der Waals surface area (Å²) in [4.78, 5) is 0. The van der Waals surface area contributed by atoms with E-state index in [4.69, 9.17) is 14.2 Å². The van der Waals surface area contributed by atoms with E-state index in [1.807, 2.05) is 24.3 Å². The highest BCUT2D eigenvalue weighted by Gasteiger charge is 2.16. The summed E-state index contributed by atoms with van der Waals surface area (Å²) >= 11 is 0. The van der Waals surface area contributed by atoms with Crippen molar-refractivity contribution >= 4 is 0 Å². The number of benzene rings is 2. The molecular formula is C16H18O4. The maximum Gasteiger partial charge on any atom is 0.136 e. The van der Waals surface area contributed by atoms with Crippen molar-refractivity contribution in [2.75, 3.05) is 14.2 Å². The highest BCUT2D eigenvalue weighted by Crippen LogP contribution is 2.36. The summed E-state index contributed by atoms with van der Waals surface area (Å²) in [5.41, 5.74) is 0.623. The third-order valence-corrected chi connectivity index (χ3v) is 2.93. The molecule has 0 aromatic heterocycles. The summed E-state index contributed by atoms with van der Waals surface area (Å²) < 4.78 is 16.3. The molecule has 4 nitrogen and oxygen atoms in total. The summed E-state index contributed by atoms with van der Waals surface area (Å²) in [5.74, 6) is 2.51. The van der Waals surface area contributed by atoms with Gasteiger partial charge in [0.15, 0.2) is 0 Å². The van der Waals surface area contributed by atoms with Gasteiger partial charge in [-0.25, -0.2) is 0 Å². The molecule has 0 fully saturated rings. The molecule has 106 valence electrons. The van der Waals surface area contributed by atoms with Gasteiger partial charge < -0.3 is 19.3 Å². The Bertz CT molecular complexity index is 578. The quantitative estimate of drug-likeness (QED) is 0.905. The molecule has 2 rings (SSSR count). The highest BCUT2D eigenvalue weighted by atomic mass is 16.5. The van der Waals surface area contributed by atoms with Crippen LogP contribution in [0, 0.1) is 0 Å². The molecule has 0 bridgehead atoms. The highest BCUT2D eigenvalue weighted by molar-refractivity contribution is 5.48. The molecule has 0 unspecified atom stereocenters. The van der Waals surface area contributed by atoms with Crippen molar-refractivity contribution in [3.05, 3.63) is 48.0 Å². The number of aliphatic hydroxyl groups is 1. The molecule has 2 aromatic carbocycles. The first-order chi connectivity index (χ1) is 9.65. The summed E-state index contributed by atoms with van der Waals surface area (Å²) in [6.45, 7) is 1.68. The van der Waals surface area contributed by atoms with Gasteiger partial charge in [-0.15, -0.1) is 0 Å². The Hall–Kier alpha value is -2.20. The van der Waals surface area contributed by atoms with E-state index in [0.717, 1.165) is 0 Å². The fourth-order valence-electron chi connectivity index (χ4n) is 1.99. The molecule has 2 aromatic rings. The SMILES string of the molecule is COc1cccc(Oc2cccc(OC)c2[C@@H](C)O)c1. The molecule has 0 heterocycles. The number of methoxy groups -OCH3 is 2. The summed E-state index contributed by atoms with van der Waals surface area (Å²) in [7, 11) is 3.17. The van der Waals surface area contributed by atoms with Crippen LogP contribution in [0.5, 0.6) is 23.0 Å². The third-order valence-electron chi connectivity index (χ3n) is 2.93. The van der Waals surface area contributed by atoms with Gasteiger partial charge in [-0.2, -0.15) is 0 Å². The minimum atomic E-state index is -0.688. The van der Waals surface area contributed by atoms with Crippen LogP contribution in [0.25, 0.3) is 0 Å². The average molecular weight is 274 g/mol. The van der Waals surface area contributed by atoms with E-state index in [0.29, 0.717) is 28.6 Å². The van der Waals surface area contributed by atoms with Crippen LogP contribution in [-0.4, -0.2) is 19.3 Å². The Morgan fingerprint density at radius 1 is 0.900 bits per heavy atom. The zero-order valence-electron chi connectivity index (χ0n) is 11.8. The maximum atomic E-state index is 9.91. The number of hydrogen-bond acceptors (Lipinski definition) is 4. The average Bonchev–Trinajstić information content (AvgIpc) is 2.46. The Balaban J connectivity index is 2.37. The second-order valence-electron chi connectivity index (χ2n) is 4.33. The summed E-state index contributed by atoms with van der Waals surface area (Å²) in [5, 5.41) is 9.91. The second-order valence-corrected chi connectivity index (χ2v) is 4.33.